The lowest BCUT2D eigenvalue weighted by Crippen LogP contribution is -2.55. The fourth-order valence-electron chi connectivity index (χ4n) is 3.81. The number of hydrogen-bond donors (Lipinski definition) is 0. The second kappa shape index (κ2) is 6.75. The van der Waals surface area contributed by atoms with Gasteiger partial charge in [-0.3, -0.25) is 4.79 Å². The molecule has 1 amide bonds. The van der Waals surface area contributed by atoms with E-state index in [0.29, 0.717) is 19.1 Å². The Labute approximate surface area is 126 Å². The number of nitrogens with zero attached hydrogens (tertiary/aromatic N) is 1. The van der Waals surface area contributed by atoms with Crippen LogP contribution in [0.2, 0.25) is 0 Å². The molecule has 4 nitrogen and oxygen atoms in total. The first kappa shape index (κ1) is 14.8. The van der Waals surface area contributed by atoms with Crippen molar-refractivity contribution in [2.24, 2.45) is 5.92 Å². The Bertz CT molecular complexity index is 420. The second-order valence-corrected chi connectivity index (χ2v) is 6.15. The highest BCUT2D eigenvalue weighted by molar-refractivity contribution is 5.79. The minimum Gasteiger partial charge on any atom is -0.372 e. The molecule has 0 bridgehead atoms. The Morgan fingerprint density at radius 3 is 3.05 bits per heavy atom. The third-order valence-electron chi connectivity index (χ3n) is 4.86. The van der Waals surface area contributed by atoms with Crippen molar-refractivity contribution in [1.82, 2.24) is 4.90 Å². The Kier molecular flexibility index (Phi) is 4.76. The predicted molar refractivity (Wildman–Crippen MR) is 80.9 cm³/mol. The fraction of sp³-hybridized carbons (Fsp3) is 0.706. The summed E-state index contributed by atoms with van der Waals surface area (Å²) >= 11 is 0. The first-order valence-electron chi connectivity index (χ1n) is 8.11. The van der Waals surface area contributed by atoms with E-state index in [1.54, 1.807) is 6.08 Å². The number of allylic oxidation sites excluding steroid dienone is 2. The maximum atomic E-state index is 12.8. The van der Waals surface area contributed by atoms with Gasteiger partial charge in [-0.15, -0.1) is 6.58 Å². The highest BCUT2D eigenvalue weighted by atomic mass is 16.5. The van der Waals surface area contributed by atoms with Crippen LogP contribution >= 0.6 is 0 Å². The molecule has 1 saturated carbocycles. The van der Waals surface area contributed by atoms with Crippen LogP contribution in [0.3, 0.4) is 0 Å². The minimum absolute atomic E-state index is 0.0433. The molecule has 21 heavy (non-hydrogen) atoms. The average molecular weight is 291 g/mol. The van der Waals surface area contributed by atoms with Gasteiger partial charge < -0.3 is 14.4 Å². The van der Waals surface area contributed by atoms with Crippen molar-refractivity contribution < 1.29 is 14.3 Å². The smallest absolute Gasteiger partial charge is 0.226 e. The molecular formula is C17H25NO3. The maximum absolute atomic E-state index is 12.8. The molecule has 116 valence electrons. The predicted octanol–water partition coefficient (Wildman–Crippen LogP) is 2.30. The van der Waals surface area contributed by atoms with Crippen LogP contribution in [-0.2, 0) is 14.3 Å². The van der Waals surface area contributed by atoms with Crippen molar-refractivity contribution in [3.63, 3.8) is 0 Å². The van der Waals surface area contributed by atoms with Crippen molar-refractivity contribution in [3.05, 3.63) is 24.8 Å². The number of carbonyl (C=O) groups is 1. The first-order chi connectivity index (χ1) is 10.3. The van der Waals surface area contributed by atoms with Gasteiger partial charge in [-0.05, 0) is 32.1 Å². The van der Waals surface area contributed by atoms with E-state index in [4.69, 9.17) is 9.47 Å². The van der Waals surface area contributed by atoms with Crippen LogP contribution in [0.1, 0.15) is 32.1 Å². The van der Waals surface area contributed by atoms with Gasteiger partial charge in [0.05, 0.1) is 25.4 Å². The molecule has 0 unspecified atom stereocenters. The standard InChI is InChI=1S/C17H25NO3/c1-2-11-20-15-9-8-14-16(15)21-12-10-18(14)17(19)13-6-4-3-5-7-13/h2-4,13-16H,1,5-12H2/t13-,14+,15+,16-/m1/s1. The zero-order chi connectivity index (χ0) is 14.7. The van der Waals surface area contributed by atoms with Crippen LogP contribution in [0.4, 0.5) is 0 Å². The van der Waals surface area contributed by atoms with Crippen molar-refractivity contribution in [3.8, 4) is 0 Å². The highest BCUT2D eigenvalue weighted by Gasteiger charge is 2.45. The topological polar surface area (TPSA) is 38.8 Å². The summed E-state index contributed by atoms with van der Waals surface area (Å²) in [5.74, 6) is 0.490. The van der Waals surface area contributed by atoms with Gasteiger partial charge in [-0.1, -0.05) is 18.2 Å². The largest absolute Gasteiger partial charge is 0.372 e. The molecule has 1 saturated heterocycles. The summed E-state index contributed by atoms with van der Waals surface area (Å²) in [6, 6.07) is 0.201. The number of morpholine rings is 1. The molecule has 4 heteroatoms. The quantitative estimate of drug-likeness (QED) is 0.746. The molecule has 0 spiro atoms. The molecule has 0 aromatic carbocycles. The number of carbonyl (C=O) groups excluding carboxylic acids is 1. The van der Waals surface area contributed by atoms with Crippen molar-refractivity contribution in [2.75, 3.05) is 19.8 Å². The molecule has 3 rings (SSSR count). The third kappa shape index (κ3) is 3.06. The number of hydrogen-bond acceptors (Lipinski definition) is 3. The molecule has 0 N–H and O–H groups in total. The van der Waals surface area contributed by atoms with Crippen LogP contribution < -0.4 is 0 Å². The van der Waals surface area contributed by atoms with Gasteiger partial charge in [0.1, 0.15) is 6.10 Å². The van der Waals surface area contributed by atoms with Gasteiger partial charge in [0, 0.05) is 12.5 Å². The average Bonchev–Trinajstić information content (AvgIpc) is 2.96. The SMILES string of the molecule is C=CCO[C@H]1CC[C@H]2[C@H]1OCCN2C(=O)[C@@H]1CC=CCC1. The van der Waals surface area contributed by atoms with Gasteiger partial charge in [0.15, 0.2) is 0 Å². The Balaban J connectivity index is 1.65. The summed E-state index contributed by atoms with van der Waals surface area (Å²) < 4.78 is 11.7. The molecule has 1 heterocycles. The monoisotopic (exact) mass is 291 g/mol. The van der Waals surface area contributed by atoms with E-state index in [1.807, 2.05) is 0 Å². The van der Waals surface area contributed by atoms with Gasteiger partial charge in [0.25, 0.3) is 0 Å². The van der Waals surface area contributed by atoms with E-state index in [2.05, 4.69) is 23.6 Å². The summed E-state index contributed by atoms with van der Waals surface area (Å²) in [5, 5.41) is 0. The van der Waals surface area contributed by atoms with Crippen molar-refractivity contribution in [2.45, 2.75) is 50.4 Å². The van der Waals surface area contributed by atoms with E-state index in [9.17, 15) is 4.79 Å². The summed E-state index contributed by atoms with van der Waals surface area (Å²) in [5.41, 5.74) is 0. The van der Waals surface area contributed by atoms with Crippen LogP contribution in [0.5, 0.6) is 0 Å². The van der Waals surface area contributed by atoms with E-state index in [1.165, 1.54) is 0 Å². The second-order valence-electron chi connectivity index (χ2n) is 6.15. The van der Waals surface area contributed by atoms with Crippen LogP contribution in [0, 0.1) is 5.92 Å². The van der Waals surface area contributed by atoms with Gasteiger partial charge in [0.2, 0.25) is 5.91 Å². The molecule has 0 aromatic rings. The molecule has 2 aliphatic carbocycles. The summed E-state index contributed by atoms with van der Waals surface area (Å²) in [6.07, 6.45) is 11.1. The highest BCUT2D eigenvalue weighted by Crippen LogP contribution is 2.34. The lowest BCUT2D eigenvalue weighted by molar-refractivity contribution is -0.155. The number of ether oxygens (including phenoxy) is 2. The zero-order valence-electron chi connectivity index (χ0n) is 12.6. The van der Waals surface area contributed by atoms with Crippen LogP contribution in [0.15, 0.2) is 24.8 Å². The Morgan fingerprint density at radius 1 is 1.38 bits per heavy atom. The maximum Gasteiger partial charge on any atom is 0.226 e. The van der Waals surface area contributed by atoms with Gasteiger partial charge in [-0.2, -0.15) is 0 Å². The lowest BCUT2D eigenvalue weighted by Gasteiger charge is -2.40. The Morgan fingerprint density at radius 2 is 2.29 bits per heavy atom. The first-order valence-corrected chi connectivity index (χ1v) is 8.11. The Hall–Kier alpha value is -1.13. The molecule has 0 aromatic heterocycles. The number of fused-ring (bicyclic) bond motifs is 1. The van der Waals surface area contributed by atoms with E-state index < -0.39 is 0 Å². The molecule has 0 radical (unpaired) electrons. The summed E-state index contributed by atoms with van der Waals surface area (Å²) in [6.45, 7) is 5.61. The van der Waals surface area contributed by atoms with Crippen molar-refractivity contribution >= 4 is 5.91 Å². The zero-order valence-corrected chi connectivity index (χ0v) is 12.6. The molecule has 1 aliphatic heterocycles. The normalized spacial score (nSPS) is 35.5. The van der Waals surface area contributed by atoms with Crippen LogP contribution in [-0.4, -0.2) is 48.8 Å². The van der Waals surface area contributed by atoms with Gasteiger partial charge >= 0.3 is 0 Å². The van der Waals surface area contributed by atoms with Crippen LogP contribution in [0.25, 0.3) is 0 Å². The van der Waals surface area contributed by atoms with Crippen molar-refractivity contribution in [1.29, 1.82) is 0 Å². The summed E-state index contributed by atoms with van der Waals surface area (Å²) in [4.78, 5) is 14.9. The molecule has 4 atom stereocenters. The van der Waals surface area contributed by atoms with E-state index in [0.717, 1.165) is 38.6 Å². The molecule has 2 fully saturated rings. The van der Waals surface area contributed by atoms with E-state index in [-0.39, 0.29) is 24.2 Å². The lowest BCUT2D eigenvalue weighted by atomic mass is 9.92. The number of amides is 1. The summed E-state index contributed by atoms with van der Waals surface area (Å²) in [7, 11) is 0. The fourth-order valence-corrected chi connectivity index (χ4v) is 3.81. The van der Waals surface area contributed by atoms with E-state index >= 15 is 0 Å². The molecular weight excluding hydrogens is 266 g/mol. The molecule has 3 aliphatic rings. The third-order valence-corrected chi connectivity index (χ3v) is 4.86. The minimum atomic E-state index is 0.0433. The number of rotatable bonds is 4. The van der Waals surface area contributed by atoms with Gasteiger partial charge in [-0.25, -0.2) is 0 Å².